The van der Waals surface area contributed by atoms with Crippen LogP contribution in [0.3, 0.4) is 0 Å². The minimum Gasteiger partial charge on any atom is -0.478 e. The first-order valence-corrected chi connectivity index (χ1v) is 16.0. The highest BCUT2D eigenvalue weighted by Gasteiger charge is 2.38. The van der Waals surface area contributed by atoms with Gasteiger partial charge in [-0.3, -0.25) is 0 Å². The zero-order valence-electron chi connectivity index (χ0n) is 29.4. The summed E-state index contributed by atoms with van der Waals surface area (Å²) in [6.07, 6.45) is 0. The molecule has 0 spiro atoms. The topological polar surface area (TPSA) is 149 Å². The molecule has 9 heteroatoms. The van der Waals surface area contributed by atoms with Gasteiger partial charge in [0.1, 0.15) is 0 Å². The molecule has 4 aromatic rings. The van der Waals surface area contributed by atoms with Crippen molar-refractivity contribution in [3.63, 3.8) is 0 Å². The van der Waals surface area contributed by atoms with Gasteiger partial charge in [0.05, 0.1) is 22.5 Å². The van der Waals surface area contributed by atoms with Crippen LogP contribution in [-0.4, -0.2) is 33.4 Å². The third kappa shape index (κ3) is 8.46. The fourth-order valence-corrected chi connectivity index (χ4v) is 5.54. The van der Waals surface area contributed by atoms with Gasteiger partial charge in [-0.25, -0.2) is 9.59 Å². The molecular formula is C39H49N5O4. The Bertz CT molecular complexity index is 1780. The lowest BCUT2D eigenvalue weighted by Crippen LogP contribution is -2.49. The molecule has 254 valence electrons. The van der Waals surface area contributed by atoms with E-state index in [1.807, 2.05) is 65.0 Å². The van der Waals surface area contributed by atoms with Crippen molar-refractivity contribution in [2.24, 2.45) is 5.73 Å². The molecule has 0 aromatic heterocycles. The van der Waals surface area contributed by atoms with Crippen molar-refractivity contribution < 1.29 is 19.8 Å². The van der Waals surface area contributed by atoms with Crippen LogP contribution in [0.25, 0.3) is 0 Å². The summed E-state index contributed by atoms with van der Waals surface area (Å²) in [5.74, 6) is -2.13. The summed E-state index contributed by atoms with van der Waals surface area (Å²) < 4.78 is 0. The summed E-state index contributed by atoms with van der Waals surface area (Å²) in [5.41, 5.74) is 10.7. The normalized spacial score (nSPS) is 12.3. The standard InChI is InChI=1S/C39H49N5O4/c1-36(2,3)32-20-18-28(22-30(32)34(45)46)42-33-21-19-29(23-31(33)35(47)48)43-38(6,7)37(4,5)24-10-12-25(13-11-24)41-26-14-16-27(17-15-26)44-39(8,9)40/h10-23,41-44H,40H2,1-9H3,(H,45,46)(H,47,48). The molecule has 0 aliphatic carbocycles. The Morgan fingerprint density at radius 1 is 0.562 bits per heavy atom. The number of nitrogens with two attached hydrogens (primary N) is 1. The summed E-state index contributed by atoms with van der Waals surface area (Å²) in [6.45, 7) is 18.2. The van der Waals surface area contributed by atoms with Gasteiger partial charge in [0.25, 0.3) is 0 Å². The van der Waals surface area contributed by atoms with Crippen LogP contribution in [0.15, 0.2) is 84.9 Å². The van der Waals surface area contributed by atoms with E-state index < -0.39 is 23.1 Å². The highest BCUT2D eigenvalue weighted by Crippen LogP contribution is 2.39. The molecule has 0 atom stereocenters. The molecule has 0 aliphatic rings. The minimum absolute atomic E-state index is 0.0661. The number of rotatable bonds is 12. The van der Waals surface area contributed by atoms with Crippen molar-refractivity contribution in [1.29, 1.82) is 0 Å². The second-order valence-electron chi connectivity index (χ2n) is 15.0. The van der Waals surface area contributed by atoms with Crippen molar-refractivity contribution in [2.75, 3.05) is 21.3 Å². The van der Waals surface area contributed by atoms with Gasteiger partial charge in [-0.05, 0) is 111 Å². The van der Waals surface area contributed by atoms with Gasteiger partial charge in [0.2, 0.25) is 0 Å². The van der Waals surface area contributed by atoms with Crippen molar-refractivity contribution >= 4 is 46.1 Å². The number of carbonyl (C=O) groups is 2. The summed E-state index contributed by atoms with van der Waals surface area (Å²) in [7, 11) is 0. The van der Waals surface area contributed by atoms with E-state index in [1.54, 1.807) is 30.3 Å². The molecule has 0 fully saturated rings. The van der Waals surface area contributed by atoms with E-state index in [1.165, 1.54) is 0 Å². The van der Waals surface area contributed by atoms with Crippen LogP contribution in [0, 0.1) is 0 Å². The first-order valence-electron chi connectivity index (χ1n) is 16.0. The first kappa shape index (κ1) is 35.8. The van der Waals surface area contributed by atoms with Crippen molar-refractivity contribution in [1.82, 2.24) is 0 Å². The molecule has 4 aromatic carbocycles. The molecule has 8 N–H and O–H groups in total. The molecule has 0 saturated heterocycles. The van der Waals surface area contributed by atoms with E-state index >= 15 is 0 Å². The first-order chi connectivity index (χ1) is 22.2. The predicted octanol–water partition coefficient (Wildman–Crippen LogP) is 9.14. The lowest BCUT2D eigenvalue weighted by atomic mass is 9.69. The number of nitrogens with one attached hydrogen (secondary N) is 4. The largest absolute Gasteiger partial charge is 0.478 e. The van der Waals surface area contributed by atoms with E-state index in [2.05, 4.69) is 73.2 Å². The molecule has 0 aliphatic heterocycles. The zero-order valence-corrected chi connectivity index (χ0v) is 29.4. The smallest absolute Gasteiger partial charge is 0.337 e. The number of carboxylic acids is 2. The van der Waals surface area contributed by atoms with Gasteiger partial charge < -0.3 is 37.2 Å². The lowest BCUT2D eigenvalue weighted by Gasteiger charge is -2.43. The van der Waals surface area contributed by atoms with Gasteiger partial charge >= 0.3 is 11.9 Å². The van der Waals surface area contributed by atoms with Crippen LogP contribution in [0.5, 0.6) is 0 Å². The van der Waals surface area contributed by atoms with E-state index in [9.17, 15) is 19.8 Å². The Kier molecular flexibility index (Phi) is 9.88. The number of hydrogen-bond donors (Lipinski definition) is 7. The molecule has 0 unspecified atom stereocenters. The van der Waals surface area contributed by atoms with Crippen LogP contribution in [-0.2, 0) is 10.8 Å². The van der Waals surface area contributed by atoms with Crippen molar-refractivity contribution in [3.8, 4) is 0 Å². The summed E-state index contributed by atoms with van der Waals surface area (Å²) in [6, 6.07) is 26.5. The van der Waals surface area contributed by atoms with E-state index in [0.29, 0.717) is 22.6 Å². The molecule has 4 rings (SSSR count). The van der Waals surface area contributed by atoms with E-state index in [-0.39, 0.29) is 22.0 Å². The number of benzene rings is 4. The number of aromatic carboxylic acids is 2. The Balaban J connectivity index is 1.51. The van der Waals surface area contributed by atoms with Crippen molar-refractivity contribution in [3.05, 3.63) is 107 Å². The Morgan fingerprint density at radius 2 is 1.04 bits per heavy atom. The summed E-state index contributed by atoms with van der Waals surface area (Å²) >= 11 is 0. The average Bonchev–Trinajstić information content (AvgIpc) is 2.97. The van der Waals surface area contributed by atoms with Gasteiger partial charge in [0.15, 0.2) is 0 Å². The third-order valence-corrected chi connectivity index (χ3v) is 8.85. The monoisotopic (exact) mass is 651 g/mol. The molecule has 0 bridgehead atoms. The van der Waals surface area contributed by atoms with Gasteiger partial charge in [-0.2, -0.15) is 0 Å². The second kappa shape index (κ2) is 13.2. The number of hydrogen-bond acceptors (Lipinski definition) is 7. The maximum Gasteiger partial charge on any atom is 0.337 e. The molecule has 0 radical (unpaired) electrons. The zero-order chi connectivity index (χ0) is 35.7. The van der Waals surface area contributed by atoms with Crippen molar-refractivity contribution in [2.45, 2.75) is 84.3 Å². The van der Waals surface area contributed by atoms with Gasteiger partial charge in [0, 0.05) is 39.4 Å². The maximum atomic E-state index is 12.4. The van der Waals surface area contributed by atoms with E-state index in [0.717, 1.165) is 22.6 Å². The lowest BCUT2D eigenvalue weighted by molar-refractivity contribution is 0.0685. The summed E-state index contributed by atoms with van der Waals surface area (Å²) in [5, 5.41) is 33.3. The number of carboxylic acid groups (broad SMARTS) is 2. The van der Waals surface area contributed by atoms with Crippen LogP contribution in [0.1, 0.15) is 94.2 Å². The average molecular weight is 652 g/mol. The molecule has 0 saturated carbocycles. The van der Waals surface area contributed by atoms with E-state index in [4.69, 9.17) is 5.73 Å². The maximum absolute atomic E-state index is 12.4. The molecule has 9 nitrogen and oxygen atoms in total. The fraction of sp³-hybridized carbons (Fsp3) is 0.333. The van der Waals surface area contributed by atoms with Gasteiger partial charge in [-0.1, -0.05) is 52.8 Å². The quantitative estimate of drug-likeness (QED) is 0.0745. The molecule has 0 heterocycles. The fourth-order valence-electron chi connectivity index (χ4n) is 5.54. The van der Waals surface area contributed by atoms with Gasteiger partial charge in [-0.15, -0.1) is 0 Å². The molecular weight excluding hydrogens is 602 g/mol. The third-order valence-electron chi connectivity index (χ3n) is 8.85. The van der Waals surface area contributed by atoms with Crippen LogP contribution in [0.4, 0.5) is 34.1 Å². The summed E-state index contributed by atoms with van der Waals surface area (Å²) in [4.78, 5) is 24.4. The van der Waals surface area contributed by atoms with Crippen LogP contribution < -0.4 is 27.0 Å². The Labute approximate surface area is 284 Å². The molecule has 0 amide bonds. The SMILES string of the molecule is CC(C)(N)Nc1ccc(Nc2ccc(C(C)(C)C(C)(C)Nc3ccc(Nc4ccc(C(C)(C)C)c(C(=O)O)c4)c(C(=O)O)c3)cc2)cc1. The van der Waals surface area contributed by atoms with Crippen LogP contribution in [0.2, 0.25) is 0 Å². The Morgan fingerprint density at radius 3 is 1.56 bits per heavy atom. The Hall–Kier alpha value is -5.02. The number of anilines is 6. The van der Waals surface area contributed by atoms with Crippen LogP contribution >= 0.6 is 0 Å². The molecule has 48 heavy (non-hydrogen) atoms. The predicted molar refractivity (Wildman–Crippen MR) is 198 cm³/mol. The second-order valence-corrected chi connectivity index (χ2v) is 15.0. The minimum atomic E-state index is -1.10. The highest BCUT2D eigenvalue weighted by molar-refractivity contribution is 5.97. The highest BCUT2D eigenvalue weighted by atomic mass is 16.4.